The van der Waals surface area contributed by atoms with Gasteiger partial charge in [0.2, 0.25) is 5.91 Å². The molecule has 0 radical (unpaired) electrons. The smallest absolute Gasteiger partial charge is 0.240 e. The second-order valence-corrected chi connectivity index (χ2v) is 6.54. The third-order valence-corrected chi connectivity index (χ3v) is 4.76. The molecule has 104 valence electrons. The second kappa shape index (κ2) is 5.60. The minimum atomic E-state index is 0.0202. The Morgan fingerprint density at radius 1 is 1.28 bits per heavy atom. The Labute approximate surface area is 111 Å². The lowest BCUT2D eigenvalue weighted by atomic mass is 9.77. The van der Waals surface area contributed by atoms with Crippen LogP contribution in [0.15, 0.2) is 0 Å². The van der Waals surface area contributed by atoms with Crippen molar-refractivity contribution < 1.29 is 4.79 Å². The first-order valence-corrected chi connectivity index (χ1v) is 7.60. The van der Waals surface area contributed by atoms with Crippen LogP contribution in [-0.2, 0) is 4.79 Å². The summed E-state index contributed by atoms with van der Waals surface area (Å²) in [5.74, 6) is 0.342. The highest BCUT2D eigenvalue weighted by atomic mass is 16.2. The van der Waals surface area contributed by atoms with Gasteiger partial charge in [-0.3, -0.25) is 4.79 Å². The van der Waals surface area contributed by atoms with Crippen molar-refractivity contribution in [3.63, 3.8) is 0 Å². The maximum absolute atomic E-state index is 12.8. The van der Waals surface area contributed by atoms with Crippen LogP contribution in [0.25, 0.3) is 0 Å². The quantitative estimate of drug-likeness (QED) is 0.837. The van der Waals surface area contributed by atoms with Crippen molar-refractivity contribution in [1.82, 2.24) is 10.2 Å². The van der Waals surface area contributed by atoms with Gasteiger partial charge < -0.3 is 10.2 Å². The molecule has 1 saturated heterocycles. The predicted octanol–water partition coefficient (Wildman–Crippen LogP) is 2.56. The van der Waals surface area contributed by atoms with Gasteiger partial charge in [-0.1, -0.05) is 26.7 Å². The molecule has 0 aromatic heterocycles. The number of carbonyl (C=O) groups excluding carboxylic acids is 1. The molecule has 0 aromatic carbocycles. The molecule has 0 aromatic rings. The van der Waals surface area contributed by atoms with E-state index in [4.69, 9.17) is 0 Å². The van der Waals surface area contributed by atoms with E-state index in [0.717, 1.165) is 19.5 Å². The number of carbonyl (C=O) groups is 1. The number of hydrogen-bond donors (Lipinski definition) is 1. The number of piperidine rings is 1. The number of nitrogens with zero attached hydrogens (tertiary/aromatic N) is 1. The fraction of sp³-hybridized carbons (Fsp3) is 0.933. The van der Waals surface area contributed by atoms with Gasteiger partial charge >= 0.3 is 0 Å². The van der Waals surface area contributed by atoms with E-state index in [1.807, 2.05) is 0 Å². The minimum Gasteiger partial charge on any atom is -0.339 e. The Bertz CT molecular complexity index is 295. The number of amides is 1. The van der Waals surface area contributed by atoms with E-state index >= 15 is 0 Å². The first-order valence-electron chi connectivity index (χ1n) is 7.60. The number of hydrogen-bond acceptors (Lipinski definition) is 2. The molecule has 2 aliphatic rings. The van der Waals surface area contributed by atoms with Crippen molar-refractivity contribution in [3.05, 3.63) is 0 Å². The minimum absolute atomic E-state index is 0.0202. The molecule has 2 rings (SSSR count). The predicted molar refractivity (Wildman–Crippen MR) is 74.4 cm³/mol. The van der Waals surface area contributed by atoms with Crippen LogP contribution in [0.2, 0.25) is 0 Å². The average Bonchev–Trinajstić information content (AvgIpc) is 2.83. The molecule has 1 N–H and O–H groups in total. The molecule has 18 heavy (non-hydrogen) atoms. The van der Waals surface area contributed by atoms with Gasteiger partial charge in [-0.2, -0.15) is 0 Å². The normalized spacial score (nSPS) is 28.3. The first kappa shape index (κ1) is 13.9. The Kier molecular flexibility index (Phi) is 4.31. The average molecular weight is 252 g/mol. The van der Waals surface area contributed by atoms with Gasteiger partial charge in [0.05, 0.1) is 6.04 Å². The van der Waals surface area contributed by atoms with Crippen LogP contribution >= 0.6 is 0 Å². The van der Waals surface area contributed by atoms with Crippen molar-refractivity contribution in [2.75, 3.05) is 13.1 Å². The van der Waals surface area contributed by atoms with Crippen LogP contribution in [0.1, 0.15) is 59.3 Å². The molecule has 3 heteroatoms. The Balaban J connectivity index is 2.07. The lowest BCUT2D eigenvalue weighted by Crippen LogP contribution is -2.58. The van der Waals surface area contributed by atoms with Crippen LogP contribution in [0.4, 0.5) is 0 Å². The van der Waals surface area contributed by atoms with Gasteiger partial charge in [-0.25, -0.2) is 0 Å². The summed E-state index contributed by atoms with van der Waals surface area (Å²) in [6.45, 7) is 8.42. The number of rotatable bonds is 3. The molecule has 0 bridgehead atoms. The highest BCUT2D eigenvalue weighted by molar-refractivity contribution is 5.83. The van der Waals surface area contributed by atoms with Crippen molar-refractivity contribution in [2.45, 2.75) is 71.4 Å². The summed E-state index contributed by atoms with van der Waals surface area (Å²) < 4.78 is 0. The van der Waals surface area contributed by atoms with E-state index in [0.29, 0.717) is 11.9 Å². The summed E-state index contributed by atoms with van der Waals surface area (Å²) in [5.41, 5.74) is 0.0986. The van der Waals surface area contributed by atoms with Crippen LogP contribution < -0.4 is 5.32 Å². The van der Waals surface area contributed by atoms with E-state index in [1.165, 1.54) is 32.1 Å². The Hall–Kier alpha value is -0.570. The van der Waals surface area contributed by atoms with Gasteiger partial charge in [0.25, 0.3) is 0 Å². The second-order valence-electron chi connectivity index (χ2n) is 6.54. The highest BCUT2D eigenvalue weighted by Gasteiger charge is 2.40. The third-order valence-electron chi connectivity index (χ3n) is 4.76. The van der Waals surface area contributed by atoms with E-state index in [1.54, 1.807) is 0 Å². The number of likely N-dealkylation sites (N-methyl/N-ethyl adjacent to an activating group) is 1. The van der Waals surface area contributed by atoms with Crippen molar-refractivity contribution in [1.29, 1.82) is 0 Å². The molecule has 1 saturated carbocycles. The summed E-state index contributed by atoms with van der Waals surface area (Å²) in [7, 11) is 0. The summed E-state index contributed by atoms with van der Waals surface area (Å²) in [4.78, 5) is 14.9. The largest absolute Gasteiger partial charge is 0.339 e. The SMILES string of the molecule is CCN(C(=O)C1NCCCC1(C)C)C1CCCC1. The van der Waals surface area contributed by atoms with Crippen LogP contribution in [0.5, 0.6) is 0 Å². The Morgan fingerprint density at radius 2 is 1.94 bits per heavy atom. The molecule has 1 heterocycles. The van der Waals surface area contributed by atoms with Gasteiger partial charge in [-0.05, 0) is 44.6 Å². The zero-order valence-corrected chi connectivity index (χ0v) is 12.2. The molecular formula is C15H28N2O. The summed E-state index contributed by atoms with van der Waals surface area (Å²) in [6, 6.07) is 0.522. The van der Waals surface area contributed by atoms with Crippen molar-refractivity contribution in [2.24, 2.45) is 5.41 Å². The van der Waals surface area contributed by atoms with E-state index < -0.39 is 0 Å². The summed E-state index contributed by atoms with van der Waals surface area (Å²) in [6.07, 6.45) is 7.32. The maximum atomic E-state index is 12.8. The molecule has 1 amide bonds. The monoisotopic (exact) mass is 252 g/mol. The molecule has 1 unspecified atom stereocenters. The van der Waals surface area contributed by atoms with Gasteiger partial charge in [0.15, 0.2) is 0 Å². The third kappa shape index (κ3) is 2.71. The summed E-state index contributed by atoms with van der Waals surface area (Å²) >= 11 is 0. The van der Waals surface area contributed by atoms with Crippen LogP contribution in [0.3, 0.4) is 0 Å². The van der Waals surface area contributed by atoms with Crippen molar-refractivity contribution in [3.8, 4) is 0 Å². The fourth-order valence-corrected chi connectivity index (χ4v) is 3.61. The summed E-state index contributed by atoms with van der Waals surface area (Å²) in [5, 5.41) is 3.46. The zero-order chi connectivity index (χ0) is 13.2. The van der Waals surface area contributed by atoms with Crippen molar-refractivity contribution >= 4 is 5.91 Å². The molecular weight excluding hydrogens is 224 g/mol. The van der Waals surface area contributed by atoms with Crippen LogP contribution in [-0.4, -0.2) is 36.0 Å². The van der Waals surface area contributed by atoms with E-state index in [9.17, 15) is 4.79 Å². The first-order chi connectivity index (χ1) is 8.56. The zero-order valence-electron chi connectivity index (χ0n) is 12.2. The number of nitrogens with one attached hydrogen (secondary N) is 1. The topological polar surface area (TPSA) is 32.3 Å². The standard InChI is InChI=1S/C15H28N2O/c1-4-17(12-8-5-6-9-12)14(18)13-15(2,3)10-7-11-16-13/h12-13,16H,4-11H2,1-3H3. The van der Waals surface area contributed by atoms with E-state index in [2.05, 4.69) is 31.0 Å². The lowest BCUT2D eigenvalue weighted by molar-refractivity contribution is -0.139. The molecule has 1 atom stereocenters. The molecule has 0 spiro atoms. The lowest BCUT2D eigenvalue weighted by Gasteiger charge is -2.42. The van der Waals surface area contributed by atoms with E-state index in [-0.39, 0.29) is 11.5 Å². The highest BCUT2D eigenvalue weighted by Crippen LogP contribution is 2.33. The molecule has 3 nitrogen and oxygen atoms in total. The van der Waals surface area contributed by atoms with Crippen LogP contribution in [0, 0.1) is 5.41 Å². The fourth-order valence-electron chi connectivity index (χ4n) is 3.61. The molecule has 1 aliphatic heterocycles. The Morgan fingerprint density at radius 3 is 2.50 bits per heavy atom. The molecule has 1 aliphatic carbocycles. The molecule has 2 fully saturated rings. The van der Waals surface area contributed by atoms with Gasteiger partial charge in [0, 0.05) is 12.6 Å². The van der Waals surface area contributed by atoms with Gasteiger partial charge in [-0.15, -0.1) is 0 Å². The maximum Gasteiger partial charge on any atom is 0.240 e. The van der Waals surface area contributed by atoms with Gasteiger partial charge in [0.1, 0.15) is 0 Å².